The highest BCUT2D eigenvalue weighted by molar-refractivity contribution is 5.54. The van der Waals surface area contributed by atoms with Gasteiger partial charge in [0.25, 0.3) is 0 Å². The standard InChI is InChI=1S/C10H8FN3/c11-10-12-7-6-9(14-10)13-8-4-2-1-3-5-8/h1-7H,(H,12,13,14). The molecule has 0 saturated carbocycles. The second kappa shape index (κ2) is 3.83. The van der Waals surface area contributed by atoms with Crippen molar-refractivity contribution in [2.45, 2.75) is 0 Å². The van der Waals surface area contributed by atoms with Crippen molar-refractivity contribution in [2.24, 2.45) is 0 Å². The van der Waals surface area contributed by atoms with Crippen molar-refractivity contribution in [1.29, 1.82) is 0 Å². The van der Waals surface area contributed by atoms with Crippen LogP contribution in [0.4, 0.5) is 15.9 Å². The lowest BCUT2D eigenvalue weighted by atomic mass is 10.3. The number of nitrogens with one attached hydrogen (secondary N) is 1. The molecule has 0 aliphatic heterocycles. The smallest absolute Gasteiger partial charge is 0.310 e. The summed E-state index contributed by atoms with van der Waals surface area (Å²) in [5.41, 5.74) is 0.866. The quantitative estimate of drug-likeness (QED) is 0.737. The predicted octanol–water partition coefficient (Wildman–Crippen LogP) is 2.36. The van der Waals surface area contributed by atoms with E-state index in [1.165, 1.54) is 6.20 Å². The minimum absolute atomic E-state index is 0.448. The Morgan fingerprint density at radius 2 is 1.86 bits per heavy atom. The predicted molar refractivity (Wildman–Crippen MR) is 51.7 cm³/mol. The van der Waals surface area contributed by atoms with Gasteiger partial charge in [0.05, 0.1) is 0 Å². The van der Waals surface area contributed by atoms with Gasteiger partial charge in [0.1, 0.15) is 5.82 Å². The molecule has 0 amide bonds. The first-order valence-corrected chi connectivity index (χ1v) is 4.15. The molecule has 0 fully saturated rings. The van der Waals surface area contributed by atoms with E-state index in [9.17, 15) is 4.39 Å². The summed E-state index contributed by atoms with van der Waals surface area (Å²) in [5.74, 6) is 0.448. The first-order valence-electron chi connectivity index (χ1n) is 4.15. The van der Waals surface area contributed by atoms with E-state index >= 15 is 0 Å². The summed E-state index contributed by atoms with van der Waals surface area (Å²) in [7, 11) is 0. The molecule has 1 aromatic heterocycles. The summed E-state index contributed by atoms with van der Waals surface area (Å²) in [6.45, 7) is 0. The summed E-state index contributed by atoms with van der Waals surface area (Å²) in [5, 5.41) is 2.95. The lowest BCUT2D eigenvalue weighted by Gasteiger charge is -2.03. The number of aromatic nitrogens is 2. The lowest BCUT2D eigenvalue weighted by molar-refractivity contribution is 0.540. The fourth-order valence-electron chi connectivity index (χ4n) is 1.07. The van der Waals surface area contributed by atoms with Crippen LogP contribution in [0, 0.1) is 6.08 Å². The van der Waals surface area contributed by atoms with Crippen LogP contribution in [0.15, 0.2) is 42.6 Å². The van der Waals surface area contributed by atoms with Gasteiger partial charge in [-0.2, -0.15) is 9.37 Å². The largest absolute Gasteiger partial charge is 0.340 e. The zero-order valence-electron chi connectivity index (χ0n) is 7.31. The SMILES string of the molecule is Fc1nccc(Nc2ccccc2)n1. The Morgan fingerprint density at radius 3 is 2.57 bits per heavy atom. The summed E-state index contributed by atoms with van der Waals surface area (Å²) in [6, 6.07) is 11.0. The molecule has 0 bridgehead atoms. The third-order valence-corrected chi connectivity index (χ3v) is 1.67. The molecule has 70 valence electrons. The average molecular weight is 189 g/mol. The van der Waals surface area contributed by atoms with E-state index in [1.54, 1.807) is 6.07 Å². The molecular formula is C10H8FN3. The lowest BCUT2D eigenvalue weighted by Crippen LogP contribution is -1.96. The van der Waals surface area contributed by atoms with Gasteiger partial charge < -0.3 is 5.32 Å². The van der Waals surface area contributed by atoms with Crippen LogP contribution in [0.1, 0.15) is 0 Å². The van der Waals surface area contributed by atoms with Gasteiger partial charge in [0.2, 0.25) is 0 Å². The molecule has 1 heterocycles. The Balaban J connectivity index is 2.19. The molecule has 4 heteroatoms. The highest BCUT2D eigenvalue weighted by atomic mass is 19.1. The number of anilines is 2. The monoisotopic (exact) mass is 189 g/mol. The van der Waals surface area contributed by atoms with E-state index in [0.717, 1.165) is 5.69 Å². The third kappa shape index (κ3) is 2.04. The van der Waals surface area contributed by atoms with Crippen LogP contribution < -0.4 is 5.32 Å². The van der Waals surface area contributed by atoms with E-state index in [-0.39, 0.29) is 0 Å². The molecule has 3 nitrogen and oxygen atoms in total. The molecule has 0 aliphatic carbocycles. The molecule has 0 radical (unpaired) electrons. The maximum atomic E-state index is 12.6. The molecule has 1 aromatic carbocycles. The van der Waals surface area contributed by atoms with Crippen molar-refractivity contribution in [3.05, 3.63) is 48.7 Å². The van der Waals surface area contributed by atoms with Gasteiger partial charge in [0, 0.05) is 11.9 Å². The average Bonchev–Trinajstić information content (AvgIpc) is 2.19. The minimum Gasteiger partial charge on any atom is -0.340 e. The fourth-order valence-corrected chi connectivity index (χ4v) is 1.07. The normalized spacial score (nSPS) is 9.79. The highest BCUT2D eigenvalue weighted by Crippen LogP contribution is 2.12. The van der Waals surface area contributed by atoms with E-state index in [2.05, 4.69) is 15.3 Å². The van der Waals surface area contributed by atoms with Crippen molar-refractivity contribution in [3.63, 3.8) is 0 Å². The van der Waals surface area contributed by atoms with Gasteiger partial charge in [0.15, 0.2) is 0 Å². The second-order valence-corrected chi connectivity index (χ2v) is 2.70. The van der Waals surface area contributed by atoms with Gasteiger partial charge in [-0.15, -0.1) is 0 Å². The van der Waals surface area contributed by atoms with Gasteiger partial charge in [-0.3, -0.25) is 0 Å². The van der Waals surface area contributed by atoms with Crippen molar-refractivity contribution in [2.75, 3.05) is 5.32 Å². The van der Waals surface area contributed by atoms with Gasteiger partial charge in [-0.25, -0.2) is 4.98 Å². The van der Waals surface area contributed by atoms with Crippen LogP contribution in [-0.2, 0) is 0 Å². The molecular weight excluding hydrogens is 181 g/mol. The molecule has 0 aliphatic rings. The Bertz CT molecular complexity index is 417. The van der Waals surface area contributed by atoms with Crippen molar-refractivity contribution >= 4 is 11.5 Å². The second-order valence-electron chi connectivity index (χ2n) is 2.70. The van der Waals surface area contributed by atoms with Gasteiger partial charge in [-0.1, -0.05) is 18.2 Å². The van der Waals surface area contributed by atoms with Crippen LogP contribution in [0.5, 0.6) is 0 Å². The number of hydrogen-bond donors (Lipinski definition) is 1. The van der Waals surface area contributed by atoms with Crippen LogP contribution in [0.25, 0.3) is 0 Å². The number of rotatable bonds is 2. The summed E-state index contributed by atoms with van der Waals surface area (Å²) >= 11 is 0. The Kier molecular flexibility index (Phi) is 2.36. The molecule has 1 N–H and O–H groups in total. The number of para-hydroxylation sites is 1. The molecule has 0 atom stereocenters. The van der Waals surface area contributed by atoms with E-state index in [0.29, 0.717) is 5.82 Å². The zero-order valence-corrected chi connectivity index (χ0v) is 7.31. The number of halogens is 1. The number of hydrogen-bond acceptors (Lipinski definition) is 3. The van der Waals surface area contributed by atoms with Crippen LogP contribution >= 0.6 is 0 Å². The number of benzene rings is 1. The summed E-state index contributed by atoms with van der Waals surface area (Å²) in [4.78, 5) is 6.94. The number of nitrogens with zero attached hydrogens (tertiary/aromatic N) is 2. The first-order chi connectivity index (χ1) is 6.84. The third-order valence-electron chi connectivity index (χ3n) is 1.67. The minimum atomic E-state index is -0.731. The maximum absolute atomic E-state index is 12.6. The van der Waals surface area contributed by atoms with E-state index < -0.39 is 6.08 Å². The van der Waals surface area contributed by atoms with Crippen LogP contribution in [0.2, 0.25) is 0 Å². The molecule has 2 rings (SSSR count). The Labute approximate surface area is 80.6 Å². The maximum Gasteiger partial charge on any atom is 0.310 e. The highest BCUT2D eigenvalue weighted by Gasteiger charge is 1.96. The van der Waals surface area contributed by atoms with Crippen molar-refractivity contribution in [1.82, 2.24) is 9.97 Å². The van der Waals surface area contributed by atoms with Crippen molar-refractivity contribution < 1.29 is 4.39 Å². The van der Waals surface area contributed by atoms with Crippen LogP contribution in [-0.4, -0.2) is 9.97 Å². The molecule has 2 aromatic rings. The zero-order chi connectivity index (χ0) is 9.80. The topological polar surface area (TPSA) is 37.8 Å². The summed E-state index contributed by atoms with van der Waals surface area (Å²) in [6.07, 6.45) is 0.638. The molecule has 0 saturated heterocycles. The first kappa shape index (κ1) is 8.62. The fraction of sp³-hybridized carbons (Fsp3) is 0. The molecule has 14 heavy (non-hydrogen) atoms. The molecule has 0 unspecified atom stereocenters. The van der Waals surface area contributed by atoms with E-state index in [1.807, 2.05) is 30.3 Å². The van der Waals surface area contributed by atoms with Gasteiger partial charge in [-0.05, 0) is 18.2 Å². The van der Waals surface area contributed by atoms with Crippen LogP contribution in [0.3, 0.4) is 0 Å². The molecule has 0 spiro atoms. The Morgan fingerprint density at radius 1 is 1.07 bits per heavy atom. The Hall–Kier alpha value is -1.97. The van der Waals surface area contributed by atoms with Gasteiger partial charge >= 0.3 is 6.08 Å². The van der Waals surface area contributed by atoms with E-state index in [4.69, 9.17) is 0 Å². The van der Waals surface area contributed by atoms with Crippen molar-refractivity contribution in [3.8, 4) is 0 Å². The summed E-state index contributed by atoms with van der Waals surface area (Å²) < 4.78 is 12.6.